The van der Waals surface area contributed by atoms with E-state index in [1.54, 1.807) is 7.11 Å². The molecule has 106 valence electrons. The smallest absolute Gasteiger partial charge is 0.141 e. The highest BCUT2D eigenvalue weighted by Crippen LogP contribution is 2.32. The first kappa shape index (κ1) is 15.0. The van der Waals surface area contributed by atoms with Crippen LogP contribution < -0.4 is 10.5 Å². The van der Waals surface area contributed by atoms with Crippen LogP contribution in [-0.2, 0) is 11.3 Å². The second-order valence-corrected chi connectivity index (χ2v) is 5.52. The average Bonchev–Trinajstić information content (AvgIpc) is 2.42. The van der Waals surface area contributed by atoms with E-state index in [1.165, 1.54) is 0 Å². The molecule has 2 rings (SSSR count). The Bertz CT molecular complexity index is 584. The zero-order valence-corrected chi connectivity index (χ0v) is 13.2. The van der Waals surface area contributed by atoms with Crippen molar-refractivity contribution in [1.82, 2.24) is 0 Å². The number of hydrogen-bond donors (Lipinski definition) is 1. The lowest BCUT2D eigenvalue weighted by Gasteiger charge is -2.12. The minimum Gasteiger partial charge on any atom is -0.456 e. The van der Waals surface area contributed by atoms with E-state index in [0.29, 0.717) is 6.61 Å². The Labute approximate surface area is 127 Å². The van der Waals surface area contributed by atoms with E-state index >= 15 is 0 Å². The van der Waals surface area contributed by atoms with Gasteiger partial charge in [0, 0.05) is 13.2 Å². The molecule has 4 heteroatoms. The third kappa shape index (κ3) is 3.82. The Morgan fingerprint density at radius 3 is 2.65 bits per heavy atom. The van der Waals surface area contributed by atoms with E-state index in [-0.39, 0.29) is 6.04 Å². The maximum atomic E-state index is 5.89. The van der Waals surface area contributed by atoms with Gasteiger partial charge in [-0.1, -0.05) is 18.2 Å². The van der Waals surface area contributed by atoms with Crippen LogP contribution in [0.15, 0.2) is 46.9 Å². The van der Waals surface area contributed by atoms with Gasteiger partial charge in [-0.15, -0.1) is 0 Å². The first-order chi connectivity index (χ1) is 9.60. The van der Waals surface area contributed by atoms with Crippen LogP contribution in [0, 0.1) is 0 Å². The lowest BCUT2D eigenvalue weighted by Crippen LogP contribution is -2.04. The number of nitrogens with two attached hydrogens (primary N) is 1. The zero-order valence-electron chi connectivity index (χ0n) is 11.6. The summed E-state index contributed by atoms with van der Waals surface area (Å²) in [5, 5.41) is 0. The molecule has 0 unspecified atom stereocenters. The molecule has 0 aliphatic rings. The van der Waals surface area contributed by atoms with Gasteiger partial charge in [0.1, 0.15) is 11.5 Å². The molecule has 2 N–H and O–H groups in total. The van der Waals surface area contributed by atoms with Crippen LogP contribution in [0.3, 0.4) is 0 Å². The van der Waals surface area contributed by atoms with Gasteiger partial charge in [0.2, 0.25) is 0 Å². The van der Waals surface area contributed by atoms with Gasteiger partial charge in [0.25, 0.3) is 0 Å². The number of hydrogen-bond acceptors (Lipinski definition) is 3. The van der Waals surface area contributed by atoms with Gasteiger partial charge in [-0.05, 0) is 58.2 Å². The SMILES string of the molecule is COCc1cccc(Oc2ccc([C@@H](C)N)cc2Br)c1. The summed E-state index contributed by atoms with van der Waals surface area (Å²) >= 11 is 3.52. The molecule has 0 radical (unpaired) electrons. The Kier molecular flexibility index (Phi) is 5.17. The lowest BCUT2D eigenvalue weighted by molar-refractivity contribution is 0.184. The van der Waals surface area contributed by atoms with E-state index in [9.17, 15) is 0 Å². The third-order valence-corrected chi connectivity index (χ3v) is 3.54. The van der Waals surface area contributed by atoms with E-state index in [1.807, 2.05) is 49.4 Å². The van der Waals surface area contributed by atoms with Crippen molar-refractivity contribution in [3.63, 3.8) is 0 Å². The predicted molar refractivity (Wildman–Crippen MR) is 84.0 cm³/mol. The topological polar surface area (TPSA) is 44.5 Å². The fourth-order valence-corrected chi connectivity index (χ4v) is 2.35. The van der Waals surface area contributed by atoms with Crippen LogP contribution in [0.5, 0.6) is 11.5 Å². The maximum absolute atomic E-state index is 5.89. The number of methoxy groups -OCH3 is 1. The van der Waals surface area contributed by atoms with Crippen molar-refractivity contribution in [2.75, 3.05) is 7.11 Å². The summed E-state index contributed by atoms with van der Waals surface area (Å²) < 4.78 is 11.9. The number of ether oxygens (including phenoxy) is 2. The molecule has 20 heavy (non-hydrogen) atoms. The summed E-state index contributed by atoms with van der Waals surface area (Å²) in [6.45, 7) is 2.53. The Hall–Kier alpha value is -1.36. The standard InChI is InChI=1S/C16H18BrNO2/c1-11(18)13-6-7-16(15(17)9-13)20-14-5-3-4-12(8-14)10-19-2/h3-9,11H,10,18H2,1-2H3/t11-/m1/s1. The van der Waals surface area contributed by atoms with Gasteiger partial charge in [-0.2, -0.15) is 0 Å². The highest BCUT2D eigenvalue weighted by Gasteiger charge is 2.07. The average molecular weight is 336 g/mol. The largest absolute Gasteiger partial charge is 0.456 e. The molecule has 0 bridgehead atoms. The van der Waals surface area contributed by atoms with Crippen molar-refractivity contribution in [2.24, 2.45) is 5.73 Å². The van der Waals surface area contributed by atoms with Gasteiger partial charge in [-0.25, -0.2) is 0 Å². The molecule has 0 amide bonds. The molecular weight excluding hydrogens is 318 g/mol. The highest BCUT2D eigenvalue weighted by molar-refractivity contribution is 9.10. The van der Waals surface area contributed by atoms with Crippen LogP contribution >= 0.6 is 15.9 Å². The molecule has 0 heterocycles. The van der Waals surface area contributed by atoms with Crippen LogP contribution in [0.2, 0.25) is 0 Å². The maximum Gasteiger partial charge on any atom is 0.141 e. The fourth-order valence-electron chi connectivity index (χ4n) is 1.88. The molecule has 0 aliphatic carbocycles. The van der Waals surface area contributed by atoms with Crippen molar-refractivity contribution in [3.05, 3.63) is 58.1 Å². The summed E-state index contributed by atoms with van der Waals surface area (Å²) in [4.78, 5) is 0. The van der Waals surface area contributed by atoms with Gasteiger partial charge in [0.05, 0.1) is 11.1 Å². The molecule has 2 aromatic rings. The van der Waals surface area contributed by atoms with Crippen molar-refractivity contribution in [3.8, 4) is 11.5 Å². The molecule has 0 saturated carbocycles. The molecule has 0 aromatic heterocycles. The van der Waals surface area contributed by atoms with E-state index < -0.39 is 0 Å². The molecule has 3 nitrogen and oxygen atoms in total. The van der Waals surface area contributed by atoms with Crippen LogP contribution in [0.25, 0.3) is 0 Å². The molecule has 0 saturated heterocycles. The number of halogens is 1. The lowest BCUT2D eigenvalue weighted by atomic mass is 10.1. The quantitative estimate of drug-likeness (QED) is 0.880. The minimum absolute atomic E-state index is 0.00498. The fraction of sp³-hybridized carbons (Fsp3) is 0.250. The second-order valence-electron chi connectivity index (χ2n) is 4.66. The molecule has 0 aliphatic heterocycles. The Morgan fingerprint density at radius 1 is 1.20 bits per heavy atom. The van der Waals surface area contributed by atoms with Gasteiger partial charge in [0.15, 0.2) is 0 Å². The van der Waals surface area contributed by atoms with Crippen molar-refractivity contribution in [2.45, 2.75) is 19.6 Å². The summed E-state index contributed by atoms with van der Waals surface area (Å²) in [5.74, 6) is 1.55. The normalized spacial score (nSPS) is 12.2. The number of rotatable bonds is 5. The van der Waals surface area contributed by atoms with Crippen molar-refractivity contribution >= 4 is 15.9 Å². The number of benzene rings is 2. The monoisotopic (exact) mass is 335 g/mol. The van der Waals surface area contributed by atoms with Crippen molar-refractivity contribution < 1.29 is 9.47 Å². The molecule has 2 aromatic carbocycles. The summed E-state index contributed by atoms with van der Waals surface area (Å²) in [7, 11) is 1.68. The highest BCUT2D eigenvalue weighted by atomic mass is 79.9. The van der Waals surface area contributed by atoms with Gasteiger partial charge >= 0.3 is 0 Å². The van der Waals surface area contributed by atoms with Crippen molar-refractivity contribution in [1.29, 1.82) is 0 Å². The molecule has 0 spiro atoms. The Morgan fingerprint density at radius 2 is 2.00 bits per heavy atom. The van der Waals surface area contributed by atoms with E-state index in [2.05, 4.69) is 15.9 Å². The van der Waals surface area contributed by atoms with Crippen LogP contribution in [0.1, 0.15) is 24.1 Å². The van der Waals surface area contributed by atoms with Gasteiger partial charge < -0.3 is 15.2 Å². The summed E-state index contributed by atoms with van der Waals surface area (Å²) in [6.07, 6.45) is 0. The van der Waals surface area contributed by atoms with E-state index in [0.717, 1.165) is 27.1 Å². The summed E-state index contributed by atoms with van der Waals surface area (Å²) in [5.41, 5.74) is 8.01. The Balaban J connectivity index is 2.19. The van der Waals surface area contributed by atoms with Crippen LogP contribution in [0.4, 0.5) is 0 Å². The first-order valence-corrected chi connectivity index (χ1v) is 7.20. The second kappa shape index (κ2) is 6.88. The third-order valence-electron chi connectivity index (χ3n) is 2.92. The zero-order chi connectivity index (χ0) is 14.5. The molecular formula is C16H18BrNO2. The van der Waals surface area contributed by atoms with E-state index in [4.69, 9.17) is 15.2 Å². The molecule has 0 fully saturated rings. The first-order valence-electron chi connectivity index (χ1n) is 6.41. The predicted octanol–water partition coefficient (Wildman–Crippen LogP) is 4.41. The molecule has 1 atom stereocenters. The van der Waals surface area contributed by atoms with Crippen LogP contribution in [-0.4, -0.2) is 7.11 Å². The minimum atomic E-state index is 0.00498. The summed E-state index contributed by atoms with van der Waals surface area (Å²) in [6, 6.07) is 13.7. The van der Waals surface area contributed by atoms with Gasteiger partial charge in [-0.3, -0.25) is 0 Å².